The summed E-state index contributed by atoms with van der Waals surface area (Å²) in [7, 11) is 3.52. The van der Waals surface area contributed by atoms with Crippen molar-refractivity contribution < 1.29 is 4.74 Å². The molecule has 2 N–H and O–H groups in total. The van der Waals surface area contributed by atoms with Gasteiger partial charge in [-0.2, -0.15) is 0 Å². The van der Waals surface area contributed by atoms with Gasteiger partial charge in [-0.05, 0) is 36.5 Å². The van der Waals surface area contributed by atoms with E-state index in [1.54, 1.807) is 14.2 Å². The first-order chi connectivity index (χ1) is 12.2. The van der Waals surface area contributed by atoms with E-state index in [2.05, 4.69) is 77.1 Å². The van der Waals surface area contributed by atoms with Crippen molar-refractivity contribution in [3.05, 3.63) is 71.3 Å². The van der Waals surface area contributed by atoms with Crippen LogP contribution in [0.1, 0.15) is 30.0 Å². The van der Waals surface area contributed by atoms with Crippen LogP contribution in [0.3, 0.4) is 0 Å². The first-order valence-electron chi connectivity index (χ1n) is 8.79. The number of nitrogens with one attached hydrogen (secondary N) is 2. The van der Waals surface area contributed by atoms with Crippen molar-refractivity contribution in [1.29, 1.82) is 0 Å². The van der Waals surface area contributed by atoms with Crippen LogP contribution in [0.15, 0.2) is 59.6 Å². The standard InChI is InChI=1S/C21H29N3O.HI/c1-17(9-10-18-7-5-4-6-8-18)24-21(22-2)23-15-19-11-13-20(14-12-19)16-25-3;/h4-8,11-14,17H,9-10,15-16H2,1-3H3,(H2,22,23,24);1H. The Labute approximate surface area is 174 Å². The van der Waals surface area contributed by atoms with E-state index in [0.717, 1.165) is 25.3 Å². The SMILES string of the molecule is CN=C(NCc1ccc(COC)cc1)NC(C)CCc1ccccc1.I. The van der Waals surface area contributed by atoms with Crippen LogP contribution in [0, 0.1) is 0 Å². The van der Waals surface area contributed by atoms with E-state index in [4.69, 9.17) is 4.74 Å². The van der Waals surface area contributed by atoms with Crippen LogP contribution >= 0.6 is 24.0 Å². The van der Waals surface area contributed by atoms with Crippen molar-refractivity contribution in [2.45, 2.75) is 39.0 Å². The summed E-state index contributed by atoms with van der Waals surface area (Å²) in [4.78, 5) is 4.32. The van der Waals surface area contributed by atoms with Gasteiger partial charge in [-0.3, -0.25) is 4.99 Å². The molecule has 0 aliphatic heterocycles. The molecule has 0 aliphatic carbocycles. The lowest BCUT2D eigenvalue weighted by Gasteiger charge is -2.18. The maximum Gasteiger partial charge on any atom is 0.191 e. The van der Waals surface area contributed by atoms with Crippen LogP contribution in [0.25, 0.3) is 0 Å². The highest BCUT2D eigenvalue weighted by Gasteiger charge is 2.06. The van der Waals surface area contributed by atoms with E-state index >= 15 is 0 Å². The van der Waals surface area contributed by atoms with Crippen molar-refractivity contribution in [2.24, 2.45) is 4.99 Å². The summed E-state index contributed by atoms with van der Waals surface area (Å²) in [6, 6.07) is 19.4. The average Bonchev–Trinajstić information content (AvgIpc) is 2.65. The van der Waals surface area contributed by atoms with Crippen molar-refractivity contribution in [1.82, 2.24) is 10.6 Å². The molecule has 1 unspecified atom stereocenters. The molecule has 2 aromatic carbocycles. The van der Waals surface area contributed by atoms with Crippen molar-refractivity contribution in [3.63, 3.8) is 0 Å². The molecule has 0 saturated heterocycles. The van der Waals surface area contributed by atoms with E-state index in [0.29, 0.717) is 12.6 Å². The van der Waals surface area contributed by atoms with Gasteiger partial charge >= 0.3 is 0 Å². The molecule has 5 heteroatoms. The van der Waals surface area contributed by atoms with Gasteiger partial charge in [-0.1, -0.05) is 54.6 Å². The van der Waals surface area contributed by atoms with Gasteiger partial charge in [0.2, 0.25) is 0 Å². The monoisotopic (exact) mass is 467 g/mol. The zero-order valence-electron chi connectivity index (χ0n) is 15.9. The number of rotatable bonds is 8. The second kappa shape index (κ2) is 12.7. The van der Waals surface area contributed by atoms with Gasteiger partial charge < -0.3 is 15.4 Å². The Hall–Kier alpha value is -1.60. The van der Waals surface area contributed by atoms with Gasteiger partial charge in [0.05, 0.1) is 6.61 Å². The number of hydrogen-bond acceptors (Lipinski definition) is 2. The Morgan fingerprint density at radius 3 is 2.27 bits per heavy atom. The number of aryl methyl sites for hydroxylation is 1. The summed E-state index contributed by atoms with van der Waals surface area (Å²) in [5, 5.41) is 6.83. The third-order valence-electron chi connectivity index (χ3n) is 4.11. The minimum atomic E-state index is 0. The van der Waals surface area contributed by atoms with Crippen molar-refractivity contribution in [3.8, 4) is 0 Å². The molecule has 0 spiro atoms. The molecule has 0 bridgehead atoms. The number of methoxy groups -OCH3 is 1. The number of nitrogens with zero attached hydrogens (tertiary/aromatic N) is 1. The Morgan fingerprint density at radius 1 is 1.00 bits per heavy atom. The third kappa shape index (κ3) is 8.19. The minimum Gasteiger partial charge on any atom is -0.380 e. The van der Waals surface area contributed by atoms with Gasteiger partial charge in [0.25, 0.3) is 0 Å². The smallest absolute Gasteiger partial charge is 0.191 e. The highest BCUT2D eigenvalue weighted by Crippen LogP contribution is 2.06. The molecule has 0 fully saturated rings. The molecule has 1 atom stereocenters. The number of aliphatic imine (C=N–C) groups is 1. The number of benzene rings is 2. The summed E-state index contributed by atoms with van der Waals surface area (Å²) in [6.07, 6.45) is 2.13. The number of ether oxygens (including phenoxy) is 1. The van der Waals surface area contributed by atoms with Crippen LogP contribution in [0.5, 0.6) is 0 Å². The molecular formula is C21H30IN3O. The number of halogens is 1. The summed E-state index contributed by atoms with van der Waals surface area (Å²) >= 11 is 0. The average molecular weight is 467 g/mol. The van der Waals surface area contributed by atoms with E-state index in [-0.39, 0.29) is 24.0 Å². The third-order valence-corrected chi connectivity index (χ3v) is 4.11. The molecule has 2 rings (SSSR count). The maximum absolute atomic E-state index is 5.14. The lowest BCUT2D eigenvalue weighted by atomic mass is 10.1. The molecule has 2 aromatic rings. The summed E-state index contributed by atoms with van der Waals surface area (Å²) in [6.45, 7) is 3.59. The van der Waals surface area contributed by atoms with Gasteiger partial charge in [-0.25, -0.2) is 0 Å². The largest absolute Gasteiger partial charge is 0.380 e. The predicted molar refractivity (Wildman–Crippen MR) is 120 cm³/mol. The lowest BCUT2D eigenvalue weighted by molar-refractivity contribution is 0.185. The second-order valence-corrected chi connectivity index (χ2v) is 6.24. The van der Waals surface area contributed by atoms with Crippen LogP contribution < -0.4 is 10.6 Å². The summed E-state index contributed by atoms with van der Waals surface area (Å²) in [5.74, 6) is 0.835. The van der Waals surface area contributed by atoms with Crippen LogP contribution in [0.2, 0.25) is 0 Å². The molecule has 0 amide bonds. The van der Waals surface area contributed by atoms with Crippen LogP contribution in [-0.4, -0.2) is 26.2 Å². The topological polar surface area (TPSA) is 45.7 Å². The fourth-order valence-electron chi connectivity index (χ4n) is 2.63. The highest BCUT2D eigenvalue weighted by molar-refractivity contribution is 14.0. The van der Waals surface area contributed by atoms with E-state index < -0.39 is 0 Å². The van der Waals surface area contributed by atoms with Crippen molar-refractivity contribution >= 4 is 29.9 Å². The summed E-state index contributed by atoms with van der Waals surface area (Å²) < 4.78 is 5.14. The quantitative estimate of drug-likeness (QED) is 0.349. The molecule has 0 aromatic heterocycles. The highest BCUT2D eigenvalue weighted by atomic mass is 127. The zero-order valence-corrected chi connectivity index (χ0v) is 18.2. The minimum absolute atomic E-state index is 0. The van der Waals surface area contributed by atoms with Gasteiger partial charge in [0.15, 0.2) is 5.96 Å². The van der Waals surface area contributed by atoms with E-state index in [1.807, 2.05) is 0 Å². The molecule has 0 heterocycles. The molecule has 0 aliphatic rings. The van der Waals surface area contributed by atoms with Crippen LogP contribution in [0.4, 0.5) is 0 Å². The Balaban J connectivity index is 0.00000338. The Kier molecular flexibility index (Phi) is 11.0. The molecule has 0 saturated carbocycles. The molecule has 0 radical (unpaired) electrons. The Bertz CT molecular complexity index is 644. The fraction of sp³-hybridized carbons (Fsp3) is 0.381. The maximum atomic E-state index is 5.14. The fourth-order valence-corrected chi connectivity index (χ4v) is 2.63. The van der Waals surface area contributed by atoms with E-state index in [1.165, 1.54) is 16.7 Å². The molecule has 142 valence electrons. The van der Waals surface area contributed by atoms with Crippen molar-refractivity contribution in [2.75, 3.05) is 14.2 Å². The first-order valence-corrected chi connectivity index (χ1v) is 8.79. The normalized spacial score (nSPS) is 12.2. The van der Waals surface area contributed by atoms with Gasteiger partial charge in [-0.15, -0.1) is 24.0 Å². The molecular weight excluding hydrogens is 437 g/mol. The first kappa shape index (κ1) is 22.4. The molecule has 4 nitrogen and oxygen atoms in total. The zero-order chi connectivity index (χ0) is 17.9. The summed E-state index contributed by atoms with van der Waals surface area (Å²) in [5.41, 5.74) is 3.78. The second-order valence-electron chi connectivity index (χ2n) is 6.24. The van der Waals surface area contributed by atoms with Gasteiger partial charge in [0.1, 0.15) is 0 Å². The van der Waals surface area contributed by atoms with E-state index in [9.17, 15) is 0 Å². The van der Waals surface area contributed by atoms with Gasteiger partial charge in [0, 0.05) is 26.7 Å². The molecule has 26 heavy (non-hydrogen) atoms. The number of guanidine groups is 1. The lowest BCUT2D eigenvalue weighted by Crippen LogP contribution is -2.42. The van der Waals surface area contributed by atoms with Crippen LogP contribution in [-0.2, 0) is 24.3 Å². The number of hydrogen-bond donors (Lipinski definition) is 2. The Morgan fingerprint density at radius 2 is 1.65 bits per heavy atom. The predicted octanol–water partition coefficient (Wildman–Crippen LogP) is 4.14.